The smallest absolute Gasteiger partial charge is 0.338 e. The van der Waals surface area contributed by atoms with Crippen LogP contribution in [-0.4, -0.2) is 12.6 Å². The van der Waals surface area contributed by atoms with Crippen molar-refractivity contribution in [1.82, 2.24) is 0 Å². The summed E-state index contributed by atoms with van der Waals surface area (Å²) >= 11 is 0. The van der Waals surface area contributed by atoms with Crippen LogP contribution >= 0.6 is 0 Å². The van der Waals surface area contributed by atoms with Gasteiger partial charge in [0.25, 0.3) is 0 Å². The quantitative estimate of drug-likeness (QED) is 0.756. The van der Waals surface area contributed by atoms with Crippen LogP contribution in [0.5, 0.6) is 0 Å². The summed E-state index contributed by atoms with van der Waals surface area (Å²) in [7, 11) is 0. The number of benzene rings is 1. The van der Waals surface area contributed by atoms with Crippen LogP contribution in [0.4, 0.5) is 0 Å². The molecule has 1 aromatic rings. The number of esters is 1. The Labute approximate surface area is 121 Å². The molecule has 0 fully saturated rings. The molecule has 3 nitrogen and oxygen atoms in total. The van der Waals surface area contributed by atoms with Crippen molar-refractivity contribution in [1.29, 1.82) is 5.26 Å². The van der Waals surface area contributed by atoms with E-state index in [1.807, 2.05) is 6.07 Å². The molecule has 0 saturated carbocycles. The lowest BCUT2D eigenvalue weighted by Gasteiger charge is -2.23. The van der Waals surface area contributed by atoms with Crippen molar-refractivity contribution in [2.45, 2.75) is 40.5 Å². The van der Waals surface area contributed by atoms with Gasteiger partial charge >= 0.3 is 5.97 Å². The van der Waals surface area contributed by atoms with Gasteiger partial charge in [0.2, 0.25) is 0 Å². The number of nitrogens with zero attached hydrogens (tertiary/aromatic N) is 1. The lowest BCUT2D eigenvalue weighted by molar-refractivity contribution is 0.0478. The summed E-state index contributed by atoms with van der Waals surface area (Å²) in [5.74, 6) is 0.165. The molecule has 0 N–H and O–H groups in total. The predicted molar refractivity (Wildman–Crippen MR) is 79.3 cm³/mol. The first-order chi connectivity index (χ1) is 9.31. The van der Waals surface area contributed by atoms with E-state index >= 15 is 0 Å². The highest BCUT2D eigenvalue weighted by Gasteiger charge is 2.16. The largest absolute Gasteiger partial charge is 0.462 e. The molecule has 0 aliphatic heterocycles. The van der Waals surface area contributed by atoms with E-state index in [-0.39, 0.29) is 5.97 Å². The average molecular weight is 273 g/mol. The van der Waals surface area contributed by atoms with Crippen molar-refractivity contribution in [3.63, 3.8) is 0 Å². The molecule has 1 atom stereocenters. The standard InChI is InChI=1S/C17H23NO2/c1-13(11-17(2,3)4)8-9-20-16(19)15-7-5-6-14(10-15)12-18/h5-7,10,13H,8-9,11H2,1-4H3. The highest BCUT2D eigenvalue weighted by molar-refractivity contribution is 5.89. The van der Waals surface area contributed by atoms with E-state index in [4.69, 9.17) is 10.00 Å². The molecule has 0 saturated heterocycles. The summed E-state index contributed by atoms with van der Waals surface area (Å²) in [5, 5.41) is 8.80. The Bertz CT molecular complexity index is 494. The Hall–Kier alpha value is -1.82. The minimum absolute atomic E-state index is 0.296. The minimum atomic E-state index is -0.356. The van der Waals surface area contributed by atoms with Crippen molar-refractivity contribution >= 4 is 5.97 Å². The number of hydrogen-bond donors (Lipinski definition) is 0. The molecule has 1 rings (SSSR count). The monoisotopic (exact) mass is 273 g/mol. The number of hydrogen-bond acceptors (Lipinski definition) is 3. The van der Waals surface area contributed by atoms with Crippen LogP contribution in [-0.2, 0) is 4.74 Å². The zero-order valence-corrected chi connectivity index (χ0v) is 12.8. The Morgan fingerprint density at radius 1 is 1.40 bits per heavy atom. The predicted octanol–water partition coefficient (Wildman–Crippen LogP) is 4.18. The first kappa shape index (κ1) is 16.2. The van der Waals surface area contributed by atoms with Crippen molar-refractivity contribution in [3.8, 4) is 6.07 Å². The van der Waals surface area contributed by atoms with Gasteiger partial charge in [-0.1, -0.05) is 33.8 Å². The molecule has 0 bridgehead atoms. The second-order valence-corrected chi connectivity index (χ2v) is 6.49. The molecular weight excluding hydrogens is 250 g/mol. The van der Waals surface area contributed by atoms with Crippen LogP contribution in [0.15, 0.2) is 24.3 Å². The number of nitriles is 1. The van der Waals surface area contributed by atoms with Crippen molar-refractivity contribution in [2.24, 2.45) is 11.3 Å². The van der Waals surface area contributed by atoms with E-state index in [2.05, 4.69) is 27.7 Å². The van der Waals surface area contributed by atoms with Gasteiger partial charge in [-0.25, -0.2) is 4.79 Å². The zero-order chi connectivity index (χ0) is 15.2. The molecule has 20 heavy (non-hydrogen) atoms. The van der Waals surface area contributed by atoms with Crippen LogP contribution in [0.3, 0.4) is 0 Å². The van der Waals surface area contributed by atoms with Gasteiger partial charge in [0, 0.05) is 0 Å². The number of ether oxygens (including phenoxy) is 1. The molecule has 0 spiro atoms. The van der Waals surface area contributed by atoms with Gasteiger partial charge in [-0.05, 0) is 42.4 Å². The maximum Gasteiger partial charge on any atom is 0.338 e. The lowest BCUT2D eigenvalue weighted by Crippen LogP contribution is -2.14. The van der Waals surface area contributed by atoms with Gasteiger partial charge in [0.1, 0.15) is 0 Å². The van der Waals surface area contributed by atoms with E-state index in [9.17, 15) is 4.79 Å². The highest BCUT2D eigenvalue weighted by Crippen LogP contribution is 2.25. The summed E-state index contributed by atoms with van der Waals surface area (Å²) < 4.78 is 5.26. The first-order valence-electron chi connectivity index (χ1n) is 6.99. The molecular formula is C17H23NO2. The number of rotatable bonds is 5. The number of carbonyl (C=O) groups excluding carboxylic acids is 1. The minimum Gasteiger partial charge on any atom is -0.462 e. The summed E-state index contributed by atoms with van der Waals surface area (Å²) in [6.45, 7) is 9.23. The van der Waals surface area contributed by atoms with E-state index in [1.165, 1.54) is 0 Å². The molecule has 0 amide bonds. The summed E-state index contributed by atoms with van der Waals surface area (Å²) in [4.78, 5) is 11.8. The molecule has 0 radical (unpaired) electrons. The summed E-state index contributed by atoms with van der Waals surface area (Å²) in [6, 6.07) is 8.60. The Morgan fingerprint density at radius 3 is 2.70 bits per heavy atom. The maximum absolute atomic E-state index is 11.8. The summed E-state index contributed by atoms with van der Waals surface area (Å²) in [5.41, 5.74) is 1.21. The zero-order valence-electron chi connectivity index (χ0n) is 12.8. The molecule has 0 aliphatic rings. The Morgan fingerprint density at radius 2 is 2.10 bits per heavy atom. The van der Waals surface area contributed by atoms with E-state index in [0.717, 1.165) is 12.8 Å². The topological polar surface area (TPSA) is 50.1 Å². The molecule has 0 aromatic heterocycles. The third-order valence-corrected chi connectivity index (χ3v) is 3.03. The van der Waals surface area contributed by atoms with Crippen molar-refractivity contribution in [3.05, 3.63) is 35.4 Å². The molecule has 1 unspecified atom stereocenters. The van der Waals surface area contributed by atoms with Crippen LogP contribution in [0.2, 0.25) is 0 Å². The third-order valence-electron chi connectivity index (χ3n) is 3.03. The van der Waals surface area contributed by atoms with Crippen LogP contribution in [0.1, 0.15) is 56.5 Å². The van der Waals surface area contributed by atoms with E-state index in [0.29, 0.717) is 29.1 Å². The molecule has 0 aliphatic carbocycles. The third kappa shape index (κ3) is 5.88. The van der Waals surface area contributed by atoms with Gasteiger partial charge in [-0.2, -0.15) is 5.26 Å². The van der Waals surface area contributed by atoms with E-state index < -0.39 is 0 Å². The van der Waals surface area contributed by atoms with Crippen molar-refractivity contribution < 1.29 is 9.53 Å². The Kier molecular flexibility index (Phi) is 5.76. The lowest BCUT2D eigenvalue weighted by atomic mass is 9.84. The molecule has 0 heterocycles. The SMILES string of the molecule is CC(CCOC(=O)c1cccc(C#N)c1)CC(C)(C)C. The van der Waals surface area contributed by atoms with Gasteiger partial charge in [-0.15, -0.1) is 0 Å². The fraction of sp³-hybridized carbons (Fsp3) is 0.529. The maximum atomic E-state index is 11.8. The van der Waals surface area contributed by atoms with Crippen molar-refractivity contribution in [2.75, 3.05) is 6.61 Å². The van der Waals surface area contributed by atoms with Gasteiger partial charge in [0.15, 0.2) is 0 Å². The van der Waals surface area contributed by atoms with Crippen LogP contribution in [0.25, 0.3) is 0 Å². The average Bonchev–Trinajstić information content (AvgIpc) is 2.36. The van der Waals surface area contributed by atoms with Gasteiger partial charge in [0.05, 0.1) is 23.8 Å². The van der Waals surface area contributed by atoms with Gasteiger partial charge in [-0.3, -0.25) is 0 Å². The van der Waals surface area contributed by atoms with Gasteiger partial charge < -0.3 is 4.74 Å². The van der Waals surface area contributed by atoms with Crippen LogP contribution in [0, 0.1) is 22.7 Å². The molecule has 3 heteroatoms. The Balaban J connectivity index is 2.42. The first-order valence-corrected chi connectivity index (χ1v) is 6.99. The van der Waals surface area contributed by atoms with Crippen LogP contribution < -0.4 is 0 Å². The highest BCUT2D eigenvalue weighted by atomic mass is 16.5. The fourth-order valence-corrected chi connectivity index (χ4v) is 2.30. The molecule has 1 aromatic carbocycles. The summed E-state index contributed by atoms with van der Waals surface area (Å²) in [6.07, 6.45) is 1.97. The second kappa shape index (κ2) is 7.09. The number of carbonyl (C=O) groups is 1. The normalized spacial score (nSPS) is 12.6. The second-order valence-electron chi connectivity index (χ2n) is 6.49. The molecule has 108 valence electrons. The fourth-order valence-electron chi connectivity index (χ4n) is 2.30. The van der Waals surface area contributed by atoms with E-state index in [1.54, 1.807) is 24.3 Å².